The minimum Gasteiger partial charge on any atom is -0.423 e. The molecule has 0 aromatic heterocycles. The number of halogens is 1. The van der Waals surface area contributed by atoms with Gasteiger partial charge < -0.3 is 15.0 Å². The van der Waals surface area contributed by atoms with Gasteiger partial charge in [0.05, 0.1) is 17.3 Å². The second-order valence-electron chi connectivity index (χ2n) is 4.47. The van der Waals surface area contributed by atoms with Crippen molar-refractivity contribution in [1.29, 1.82) is 0 Å². The molecule has 0 spiro atoms. The van der Waals surface area contributed by atoms with Crippen molar-refractivity contribution >= 4 is 29.9 Å². The first-order chi connectivity index (χ1) is 7.74. The third-order valence-electron chi connectivity index (χ3n) is 3.36. The van der Waals surface area contributed by atoms with Gasteiger partial charge in [-0.25, -0.2) is 0 Å². The molecule has 3 nitrogen and oxygen atoms in total. The molecule has 1 aliphatic heterocycles. The van der Waals surface area contributed by atoms with Crippen LogP contribution in [0.15, 0.2) is 12.1 Å². The molecule has 3 rings (SSSR count). The fourth-order valence-electron chi connectivity index (χ4n) is 2.13. The lowest BCUT2D eigenvalue weighted by Gasteiger charge is -2.28. The van der Waals surface area contributed by atoms with Gasteiger partial charge in [0, 0.05) is 6.04 Å². The van der Waals surface area contributed by atoms with Gasteiger partial charge in [-0.2, -0.15) is 0 Å². The van der Waals surface area contributed by atoms with Crippen molar-refractivity contribution in [2.45, 2.75) is 31.9 Å². The molecule has 1 saturated carbocycles. The van der Waals surface area contributed by atoms with Crippen molar-refractivity contribution in [2.75, 3.05) is 5.32 Å². The molecule has 5 heteroatoms. The summed E-state index contributed by atoms with van der Waals surface area (Å²) in [4.78, 5) is 0. The smallest absolute Gasteiger partial charge is 0.423 e. The van der Waals surface area contributed by atoms with Gasteiger partial charge in [0.1, 0.15) is 0 Å². The van der Waals surface area contributed by atoms with Gasteiger partial charge in [-0.1, -0.05) is 11.6 Å². The molecule has 1 fully saturated rings. The average Bonchev–Trinajstić information content (AvgIpc) is 2.54. The van der Waals surface area contributed by atoms with Gasteiger partial charge >= 0.3 is 7.12 Å². The molecule has 0 atom stereocenters. The molecule has 1 aromatic carbocycles. The van der Waals surface area contributed by atoms with Crippen LogP contribution in [0.3, 0.4) is 0 Å². The molecule has 1 aromatic rings. The SMILES string of the molecule is OB1OCc2cc(Cl)c(NC3CCC3)cc21. The fourth-order valence-corrected chi connectivity index (χ4v) is 2.37. The molecular formula is C11H13BClNO2. The monoisotopic (exact) mass is 237 g/mol. The van der Waals surface area contributed by atoms with Crippen molar-refractivity contribution in [3.8, 4) is 0 Å². The van der Waals surface area contributed by atoms with E-state index in [1.807, 2.05) is 12.1 Å². The molecule has 0 unspecified atom stereocenters. The van der Waals surface area contributed by atoms with Gasteiger partial charge in [0.25, 0.3) is 0 Å². The molecule has 0 bridgehead atoms. The van der Waals surface area contributed by atoms with E-state index in [1.165, 1.54) is 19.3 Å². The molecule has 0 radical (unpaired) electrons. The molecule has 2 N–H and O–H groups in total. The number of rotatable bonds is 2. The summed E-state index contributed by atoms with van der Waals surface area (Å²) in [5.74, 6) is 0. The van der Waals surface area contributed by atoms with Crippen molar-refractivity contribution in [3.05, 3.63) is 22.7 Å². The molecule has 16 heavy (non-hydrogen) atoms. The third-order valence-corrected chi connectivity index (χ3v) is 3.67. The van der Waals surface area contributed by atoms with Crippen LogP contribution >= 0.6 is 11.6 Å². The second kappa shape index (κ2) is 3.95. The Bertz CT molecular complexity index is 423. The fraction of sp³-hybridized carbons (Fsp3) is 0.455. The minimum absolute atomic E-state index is 0.444. The van der Waals surface area contributed by atoms with E-state index >= 15 is 0 Å². The molecule has 1 aliphatic carbocycles. The number of benzene rings is 1. The van der Waals surface area contributed by atoms with E-state index < -0.39 is 7.12 Å². The average molecular weight is 237 g/mol. The highest BCUT2D eigenvalue weighted by Gasteiger charge is 2.29. The van der Waals surface area contributed by atoms with Crippen LogP contribution in [0, 0.1) is 0 Å². The lowest BCUT2D eigenvalue weighted by molar-refractivity contribution is 0.275. The highest BCUT2D eigenvalue weighted by Crippen LogP contribution is 2.29. The first kappa shape index (κ1) is 10.4. The Balaban J connectivity index is 1.89. The van der Waals surface area contributed by atoms with Gasteiger partial charge in [-0.05, 0) is 42.4 Å². The molecule has 0 amide bonds. The van der Waals surface area contributed by atoms with Crippen LogP contribution in [-0.4, -0.2) is 18.2 Å². The van der Waals surface area contributed by atoms with E-state index in [2.05, 4.69) is 5.32 Å². The maximum atomic E-state index is 9.61. The van der Waals surface area contributed by atoms with Crippen LogP contribution in [-0.2, 0) is 11.3 Å². The van der Waals surface area contributed by atoms with E-state index in [9.17, 15) is 5.02 Å². The third kappa shape index (κ3) is 1.71. The highest BCUT2D eigenvalue weighted by atomic mass is 35.5. The number of nitrogens with one attached hydrogen (secondary N) is 1. The molecule has 0 saturated heterocycles. The number of hydrogen-bond donors (Lipinski definition) is 2. The summed E-state index contributed by atoms with van der Waals surface area (Å²) in [5, 5.41) is 13.7. The molecule has 1 heterocycles. The van der Waals surface area contributed by atoms with Crippen LogP contribution in [0.2, 0.25) is 5.02 Å². The Morgan fingerprint density at radius 3 is 2.94 bits per heavy atom. The van der Waals surface area contributed by atoms with E-state index in [0.717, 1.165) is 16.7 Å². The zero-order valence-corrected chi connectivity index (χ0v) is 9.63. The van der Waals surface area contributed by atoms with Crippen molar-refractivity contribution in [2.24, 2.45) is 0 Å². The van der Waals surface area contributed by atoms with Gasteiger partial charge in [-0.15, -0.1) is 0 Å². The zero-order chi connectivity index (χ0) is 11.1. The lowest BCUT2D eigenvalue weighted by Crippen LogP contribution is -2.31. The van der Waals surface area contributed by atoms with Crippen LogP contribution in [0.25, 0.3) is 0 Å². The van der Waals surface area contributed by atoms with Crippen molar-refractivity contribution < 1.29 is 9.68 Å². The van der Waals surface area contributed by atoms with E-state index in [1.54, 1.807) is 0 Å². The lowest BCUT2D eigenvalue weighted by atomic mass is 9.79. The summed E-state index contributed by atoms with van der Waals surface area (Å²) in [6, 6.07) is 4.33. The van der Waals surface area contributed by atoms with Crippen LogP contribution in [0.4, 0.5) is 5.69 Å². The Labute approximate surface area is 99.9 Å². The molecule has 2 aliphatic rings. The van der Waals surface area contributed by atoms with Gasteiger partial charge in [0.2, 0.25) is 0 Å². The summed E-state index contributed by atoms with van der Waals surface area (Å²) >= 11 is 6.18. The van der Waals surface area contributed by atoms with E-state index in [0.29, 0.717) is 17.7 Å². The van der Waals surface area contributed by atoms with Crippen LogP contribution in [0.5, 0.6) is 0 Å². The van der Waals surface area contributed by atoms with Crippen LogP contribution in [0.1, 0.15) is 24.8 Å². The second-order valence-corrected chi connectivity index (χ2v) is 4.87. The van der Waals surface area contributed by atoms with Gasteiger partial charge in [-0.3, -0.25) is 0 Å². The maximum Gasteiger partial charge on any atom is 0.491 e. The standard InChI is InChI=1S/C11H13BClNO2/c13-10-4-7-6-16-12(15)9(7)5-11(10)14-8-2-1-3-8/h4-5,8,14-15H,1-3,6H2. The quantitative estimate of drug-likeness (QED) is 0.767. The Kier molecular flexibility index (Phi) is 2.58. The summed E-state index contributed by atoms with van der Waals surface area (Å²) in [6.07, 6.45) is 3.69. The normalized spacial score (nSPS) is 19.5. The number of anilines is 1. The molecule has 84 valence electrons. The van der Waals surface area contributed by atoms with E-state index in [-0.39, 0.29) is 0 Å². The number of fused-ring (bicyclic) bond motifs is 1. The largest absolute Gasteiger partial charge is 0.491 e. The molecular weight excluding hydrogens is 224 g/mol. The predicted octanol–water partition coefficient (Wildman–Crippen LogP) is 1.52. The summed E-state index contributed by atoms with van der Waals surface area (Å²) in [7, 11) is -0.797. The number of hydrogen-bond acceptors (Lipinski definition) is 3. The Morgan fingerprint density at radius 2 is 2.25 bits per heavy atom. The Hall–Kier alpha value is -0.705. The topological polar surface area (TPSA) is 41.5 Å². The Morgan fingerprint density at radius 1 is 1.44 bits per heavy atom. The van der Waals surface area contributed by atoms with Crippen LogP contribution < -0.4 is 10.8 Å². The predicted molar refractivity (Wildman–Crippen MR) is 65.1 cm³/mol. The summed E-state index contributed by atoms with van der Waals surface area (Å²) < 4.78 is 5.15. The minimum atomic E-state index is -0.797. The maximum absolute atomic E-state index is 9.61. The summed E-state index contributed by atoms with van der Waals surface area (Å²) in [5.41, 5.74) is 2.73. The van der Waals surface area contributed by atoms with Gasteiger partial charge in [0.15, 0.2) is 0 Å². The summed E-state index contributed by atoms with van der Waals surface area (Å²) in [6.45, 7) is 0.444. The first-order valence-electron chi connectivity index (χ1n) is 5.62. The first-order valence-corrected chi connectivity index (χ1v) is 6.00. The van der Waals surface area contributed by atoms with Crippen molar-refractivity contribution in [1.82, 2.24) is 0 Å². The van der Waals surface area contributed by atoms with Crippen molar-refractivity contribution in [3.63, 3.8) is 0 Å². The highest BCUT2D eigenvalue weighted by molar-refractivity contribution is 6.61. The van der Waals surface area contributed by atoms with E-state index in [4.69, 9.17) is 16.3 Å². The zero-order valence-electron chi connectivity index (χ0n) is 8.87.